The van der Waals surface area contributed by atoms with Crippen molar-refractivity contribution in [3.63, 3.8) is 0 Å². The molecule has 2 aromatic rings. The highest BCUT2D eigenvalue weighted by Crippen LogP contribution is 2.22. The first-order valence-electron chi connectivity index (χ1n) is 6.07. The number of nitrogens with one attached hydrogen (secondary N) is 1. The molecule has 0 aliphatic carbocycles. The molecule has 0 unspecified atom stereocenters. The van der Waals surface area contributed by atoms with E-state index in [0.29, 0.717) is 11.5 Å². The highest BCUT2D eigenvalue weighted by atomic mass is 32.2. The van der Waals surface area contributed by atoms with E-state index in [0.717, 1.165) is 0 Å². The van der Waals surface area contributed by atoms with Gasteiger partial charge in [0.25, 0.3) is 10.0 Å². The average Bonchev–Trinajstić information content (AvgIpc) is 2.79. The van der Waals surface area contributed by atoms with Crippen molar-refractivity contribution >= 4 is 16.0 Å². The summed E-state index contributed by atoms with van der Waals surface area (Å²) in [4.78, 5) is 7.96. The van der Waals surface area contributed by atoms with Crippen molar-refractivity contribution in [2.24, 2.45) is 5.73 Å². The standard InChI is InChI=1S/C12H16N4O4S/c1-7-4-11(19-3)15-12(14-7)16-21(17,18)10-5-9(6-13)20-8(10)2/h4-5H,6,13H2,1-3H3,(H,14,15,16). The Morgan fingerprint density at radius 2 is 2.05 bits per heavy atom. The summed E-state index contributed by atoms with van der Waals surface area (Å²) in [5.74, 6) is 0.840. The molecule has 0 aromatic carbocycles. The van der Waals surface area contributed by atoms with Crippen LogP contribution in [0.5, 0.6) is 5.88 Å². The Bertz CT molecular complexity index is 755. The minimum absolute atomic E-state index is 0.00650. The van der Waals surface area contributed by atoms with Gasteiger partial charge < -0.3 is 14.9 Å². The molecule has 21 heavy (non-hydrogen) atoms. The van der Waals surface area contributed by atoms with E-state index in [1.165, 1.54) is 13.2 Å². The first-order valence-corrected chi connectivity index (χ1v) is 7.56. The van der Waals surface area contributed by atoms with Gasteiger partial charge in [-0.15, -0.1) is 0 Å². The number of aryl methyl sites for hydroxylation is 2. The number of hydrogen-bond donors (Lipinski definition) is 2. The highest BCUT2D eigenvalue weighted by molar-refractivity contribution is 7.92. The zero-order valence-electron chi connectivity index (χ0n) is 11.9. The van der Waals surface area contributed by atoms with Crippen LogP contribution in [0.25, 0.3) is 0 Å². The Morgan fingerprint density at radius 3 is 2.62 bits per heavy atom. The summed E-state index contributed by atoms with van der Waals surface area (Å²) in [5, 5.41) is 0. The number of methoxy groups -OCH3 is 1. The van der Waals surface area contributed by atoms with Crippen molar-refractivity contribution < 1.29 is 17.6 Å². The molecule has 2 heterocycles. The number of furan rings is 1. The lowest BCUT2D eigenvalue weighted by Gasteiger charge is -2.07. The molecule has 0 amide bonds. The van der Waals surface area contributed by atoms with Crippen LogP contribution in [0, 0.1) is 13.8 Å². The van der Waals surface area contributed by atoms with Crippen molar-refractivity contribution in [1.82, 2.24) is 9.97 Å². The van der Waals surface area contributed by atoms with Crippen molar-refractivity contribution in [1.29, 1.82) is 0 Å². The van der Waals surface area contributed by atoms with Gasteiger partial charge in [0, 0.05) is 17.8 Å². The zero-order chi connectivity index (χ0) is 15.6. The van der Waals surface area contributed by atoms with Gasteiger partial charge in [0.15, 0.2) is 0 Å². The number of anilines is 1. The fraction of sp³-hybridized carbons (Fsp3) is 0.333. The summed E-state index contributed by atoms with van der Waals surface area (Å²) < 4.78 is 37.2. The second kappa shape index (κ2) is 5.70. The lowest BCUT2D eigenvalue weighted by Crippen LogP contribution is -2.16. The second-order valence-corrected chi connectivity index (χ2v) is 5.97. The molecule has 0 saturated heterocycles. The minimum Gasteiger partial charge on any atom is -0.481 e. The van der Waals surface area contributed by atoms with E-state index in [1.54, 1.807) is 19.9 Å². The summed E-state index contributed by atoms with van der Waals surface area (Å²) in [7, 11) is -2.42. The van der Waals surface area contributed by atoms with Crippen LogP contribution in [0.1, 0.15) is 17.2 Å². The maximum atomic E-state index is 12.3. The van der Waals surface area contributed by atoms with Crippen LogP contribution in [-0.4, -0.2) is 25.5 Å². The van der Waals surface area contributed by atoms with Gasteiger partial charge in [-0.1, -0.05) is 0 Å². The molecule has 0 saturated carbocycles. The second-order valence-electron chi connectivity index (χ2n) is 4.32. The molecule has 2 aromatic heterocycles. The number of ether oxygens (including phenoxy) is 1. The third-order valence-corrected chi connectivity index (χ3v) is 4.12. The topological polar surface area (TPSA) is 120 Å². The summed E-state index contributed by atoms with van der Waals surface area (Å²) in [5.41, 5.74) is 6.01. The van der Waals surface area contributed by atoms with Crippen LogP contribution >= 0.6 is 0 Å². The van der Waals surface area contributed by atoms with Gasteiger partial charge >= 0.3 is 0 Å². The number of nitrogens with two attached hydrogens (primary N) is 1. The van der Waals surface area contributed by atoms with Crippen molar-refractivity contribution in [2.45, 2.75) is 25.3 Å². The molecule has 2 rings (SSSR count). The van der Waals surface area contributed by atoms with E-state index in [9.17, 15) is 8.42 Å². The molecular weight excluding hydrogens is 296 g/mol. The Balaban J connectivity index is 2.37. The Morgan fingerprint density at radius 1 is 1.33 bits per heavy atom. The lowest BCUT2D eigenvalue weighted by molar-refractivity contribution is 0.397. The molecule has 3 N–H and O–H groups in total. The minimum atomic E-state index is -3.85. The van der Waals surface area contributed by atoms with Crippen molar-refractivity contribution in [3.8, 4) is 5.88 Å². The molecule has 0 bridgehead atoms. The molecule has 8 nitrogen and oxygen atoms in total. The zero-order valence-corrected chi connectivity index (χ0v) is 12.7. The molecule has 114 valence electrons. The number of sulfonamides is 1. The molecule has 0 radical (unpaired) electrons. The number of aromatic nitrogens is 2. The van der Waals surface area contributed by atoms with E-state index in [-0.39, 0.29) is 29.0 Å². The predicted molar refractivity (Wildman–Crippen MR) is 75.5 cm³/mol. The first-order chi connectivity index (χ1) is 9.85. The van der Waals surface area contributed by atoms with Crippen molar-refractivity contribution in [3.05, 3.63) is 29.3 Å². The van der Waals surface area contributed by atoms with Crippen LogP contribution in [0.4, 0.5) is 5.95 Å². The molecule has 0 aliphatic rings. The number of nitrogens with zero attached hydrogens (tertiary/aromatic N) is 2. The normalized spacial score (nSPS) is 11.4. The molecule has 0 spiro atoms. The monoisotopic (exact) mass is 312 g/mol. The van der Waals surface area contributed by atoms with Gasteiger partial charge in [-0.2, -0.15) is 4.98 Å². The molecule has 0 atom stereocenters. The smallest absolute Gasteiger partial charge is 0.267 e. The molecule has 0 aliphatic heterocycles. The average molecular weight is 312 g/mol. The molecule has 0 fully saturated rings. The maximum Gasteiger partial charge on any atom is 0.267 e. The quantitative estimate of drug-likeness (QED) is 0.843. The fourth-order valence-corrected chi connectivity index (χ4v) is 2.90. The summed E-state index contributed by atoms with van der Waals surface area (Å²) in [6.45, 7) is 3.37. The van der Waals surface area contributed by atoms with Crippen LogP contribution in [0.15, 0.2) is 21.4 Å². The lowest BCUT2D eigenvalue weighted by atomic mass is 10.4. The number of rotatable bonds is 5. The van der Waals surface area contributed by atoms with Gasteiger partial charge in [-0.25, -0.2) is 18.1 Å². The SMILES string of the molecule is COc1cc(C)nc(NS(=O)(=O)c2cc(CN)oc2C)n1. The van der Waals surface area contributed by atoms with Crippen LogP contribution in [-0.2, 0) is 16.6 Å². The van der Waals surface area contributed by atoms with Gasteiger partial charge in [0.2, 0.25) is 11.8 Å². The van der Waals surface area contributed by atoms with Gasteiger partial charge in [0.05, 0.1) is 13.7 Å². The summed E-state index contributed by atoms with van der Waals surface area (Å²) >= 11 is 0. The first kappa shape index (κ1) is 15.3. The summed E-state index contributed by atoms with van der Waals surface area (Å²) in [6.07, 6.45) is 0. The fourth-order valence-electron chi connectivity index (χ4n) is 1.76. The van der Waals surface area contributed by atoms with E-state index in [2.05, 4.69) is 14.7 Å². The van der Waals surface area contributed by atoms with Crippen LogP contribution < -0.4 is 15.2 Å². The molecular formula is C12H16N4O4S. The van der Waals surface area contributed by atoms with Crippen LogP contribution in [0.3, 0.4) is 0 Å². The Hall–Kier alpha value is -2.13. The largest absolute Gasteiger partial charge is 0.481 e. The van der Waals surface area contributed by atoms with Crippen molar-refractivity contribution in [2.75, 3.05) is 11.8 Å². The van der Waals surface area contributed by atoms with Crippen LogP contribution in [0.2, 0.25) is 0 Å². The third-order valence-electron chi connectivity index (χ3n) is 2.68. The van der Waals surface area contributed by atoms with E-state index < -0.39 is 10.0 Å². The Labute approximate surface area is 122 Å². The maximum absolute atomic E-state index is 12.3. The van der Waals surface area contributed by atoms with Gasteiger partial charge in [0.1, 0.15) is 16.4 Å². The van der Waals surface area contributed by atoms with E-state index in [4.69, 9.17) is 14.9 Å². The highest BCUT2D eigenvalue weighted by Gasteiger charge is 2.22. The Kier molecular flexibility index (Phi) is 4.14. The van der Waals surface area contributed by atoms with Gasteiger partial charge in [-0.3, -0.25) is 0 Å². The van der Waals surface area contributed by atoms with Gasteiger partial charge in [-0.05, 0) is 13.8 Å². The number of hydrogen-bond acceptors (Lipinski definition) is 7. The summed E-state index contributed by atoms with van der Waals surface area (Å²) in [6, 6.07) is 2.97. The predicted octanol–water partition coefficient (Wildman–Crippen LogP) is 0.955. The van der Waals surface area contributed by atoms with E-state index >= 15 is 0 Å². The van der Waals surface area contributed by atoms with E-state index in [1.807, 2.05) is 0 Å². The third kappa shape index (κ3) is 3.31. The molecule has 9 heteroatoms.